The molecule has 17 heavy (non-hydrogen) atoms. The van der Waals surface area contributed by atoms with Gasteiger partial charge in [-0.25, -0.2) is 0 Å². The Morgan fingerprint density at radius 1 is 1.00 bits per heavy atom. The van der Waals surface area contributed by atoms with Crippen LogP contribution in [-0.2, 0) is 6.42 Å². The maximum absolute atomic E-state index is 10.4. The summed E-state index contributed by atoms with van der Waals surface area (Å²) in [5, 5.41) is 10.4. The van der Waals surface area contributed by atoms with Gasteiger partial charge in [0.1, 0.15) is 0 Å². The van der Waals surface area contributed by atoms with Gasteiger partial charge in [-0.15, -0.1) is 0 Å². The van der Waals surface area contributed by atoms with Crippen molar-refractivity contribution < 1.29 is 5.11 Å². The number of rotatable bonds is 4. The van der Waals surface area contributed by atoms with E-state index in [-0.39, 0.29) is 5.41 Å². The van der Waals surface area contributed by atoms with Crippen molar-refractivity contribution in [3.8, 4) is 0 Å². The molecular formula is C15H23BrO. The third kappa shape index (κ3) is 6.23. The summed E-state index contributed by atoms with van der Waals surface area (Å²) < 4.78 is 1.08. The van der Waals surface area contributed by atoms with E-state index >= 15 is 0 Å². The monoisotopic (exact) mass is 298 g/mol. The molecule has 0 heterocycles. The Labute approximate surface area is 113 Å². The fourth-order valence-corrected chi connectivity index (χ4v) is 2.04. The zero-order valence-electron chi connectivity index (χ0n) is 11.3. The van der Waals surface area contributed by atoms with E-state index in [1.54, 1.807) is 0 Å². The Morgan fingerprint density at radius 3 is 2.00 bits per heavy atom. The minimum absolute atomic E-state index is 0.281. The molecule has 2 heteroatoms. The summed E-state index contributed by atoms with van der Waals surface area (Å²) in [6, 6.07) is 8.18. The van der Waals surface area contributed by atoms with Gasteiger partial charge in [-0.2, -0.15) is 0 Å². The maximum atomic E-state index is 10.4. The highest BCUT2D eigenvalue weighted by atomic mass is 79.9. The summed E-state index contributed by atoms with van der Waals surface area (Å²) in [7, 11) is 0. The van der Waals surface area contributed by atoms with Crippen molar-refractivity contribution in [2.24, 2.45) is 5.41 Å². The van der Waals surface area contributed by atoms with E-state index in [4.69, 9.17) is 0 Å². The Bertz CT molecular complexity index is 346. The normalized spacial score (nSPS) is 15.6. The van der Waals surface area contributed by atoms with E-state index in [0.29, 0.717) is 0 Å². The summed E-state index contributed by atoms with van der Waals surface area (Å²) in [5.74, 6) is 0. The molecule has 0 fully saturated rings. The molecular weight excluding hydrogens is 276 g/mol. The molecule has 0 radical (unpaired) electrons. The van der Waals surface area contributed by atoms with Crippen LogP contribution < -0.4 is 0 Å². The van der Waals surface area contributed by atoms with Crippen LogP contribution in [0, 0.1) is 5.41 Å². The minimum atomic E-state index is -0.610. The quantitative estimate of drug-likeness (QED) is 0.863. The molecule has 0 spiro atoms. The molecule has 1 aromatic carbocycles. The van der Waals surface area contributed by atoms with E-state index in [1.807, 2.05) is 19.1 Å². The van der Waals surface area contributed by atoms with Crippen LogP contribution in [0.2, 0.25) is 0 Å². The Balaban J connectivity index is 2.57. The fourth-order valence-electron chi connectivity index (χ4n) is 1.77. The van der Waals surface area contributed by atoms with Gasteiger partial charge in [0.05, 0.1) is 5.60 Å². The fraction of sp³-hybridized carbons (Fsp3) is 0.600. The predicted molar refractivity (Wildman–Crippen MR) is 77.2 cm³/mol. The second kappa shape index (κ2) is 5.53. The first-order valence-electron chi connectivity index (χ1n) is 6.15. The average Bonchev–Trinajstić information content (AvgIpc) is 2.18. The van der Waals surface area contributed by atoms with E-state index in [1.165, 1.54) is 5.56 Å². The first-order chi connectivity index (χ1) is 7.68. The van der Waals surface area contributed by atoms with Gasteiger partial charge in [-0.05, 0) is 42.9 Å². The van der Waals surface area contributed by atoms with Crippen LogP contribution >= 0.6 is 15.9 Å². The van der Waals surface area contributed by atoms with Gasteiger partial charge < -0.3 is 5.11 Å². The van der Waals surface area contributed by atoms with Gasteiger partial charge in [0.15, 0.2) is 0 Å². The second-order valence-electron chi connectivity index (χ2n) is 6.36. The van der Waals surface area contributed by atoms with Crippen molar-refractivity contribution in [1.29, 1.82) is 0 Å². The second-order valence-corrected chi connectivity index (χ2v) is 7.28. The first-order valence-corrected chi connectivity index (χ1v) is 6.94. The molecule has 0 aliphatic rings. The van der Waals surface area contributed by atoms with Gasteiger partial charge in [-0.1, -0.05) is 48.8 Å². The molecule has 1 nitrogen and oxygen atoms in total. The van der Waals surface area contributed by atoms with Crippen molar-refractivity contribution in [3.63, 3.8) is 0 Å². The number of benzene rings is 1. The van der Waals surface area contributed by atoms with Crippen molar-refractivity contribution in [1.82, 2.24) is 0 Å². The predicted octanol–water partition coefficient (Wildman–Crippen LogP) is 4.57. The van der Waals surface area contributed by atoms with Gasteiger partial charge >= 0.3 is 0 Å². The van der Waals surface area contributed by atoms with E-state index in [2.05, 4.69) is 48.8 Å². The highest BCUT2D eigenvalue weighted by Gasteiger charge is 2.23. The first kappa shape index (κ1) is 14.7. The van der Waals surface area contributed by atoms with Crippen LogP contribution in [0.4, 0.5) is 0 Å². The molecule has 0 bridgehead atoms. The van der Waals surface area contributed by atoms with Crippen LogP contribution in [0.1, 0.15) is 46.1 Å². The molecule has 1 unspecified atom stereocenters. The summed E-state index contributed by atoms with van der Waals surface area (Å²) >= 11 is 3.42. The van der Waals surface area contributed by atoms with Crippen molar-refractivity contribution in [2.75, 3.05) is 0 Å². The number of hydrogen-bond acceptors (Lipinski definition) is 1. The molecule has 0 saturated heterocycles. The van der Waals surface area contributed by atoms with E-state index in [9.17, 15) is 5.11 Å². The summed E-state index contributed by atoms with van der Waals surface area (Å²) in [4.78, 5) is 0. The minimum Gasteiger partial charge on any atom is -0.390 e. The number of halogens is 1. The molecule has 0 aliphatic carbocycles. The lowest BCUT2D eigenvalue weighted by atomic mass is 9.83. The van der Waals surface area contributed by atoms with Gasteiger partial charge in [0, 0.05) is 10.9 Å². The molecule has 1 N–H and O–H groups in total. The maximum Gasteiger partial charge on any atom is 0.0660 e. The summed E-state index contributed by atoms with van der Waals surface area (Å²) in [6.07, 6.45) is 2.60. The third-order valence-electron chi connectivity index (χ3n) is 2.91. The van der Waals surface area contributed by atoms with E-state index < -0.39 is 5.60 Å². The smallest absolute Gasteiger partial charge is 0.0660 e. The number of aliphatic hydroxyl groups is 1. The molecule has 1 atom stereocenters. The van der Waals surface area contributed by atoms with Crippen molar-refractivity contribution in [3.05, 3.63) is 34.3 Å². The van der Waals surface area contributed by atoms with Crippen molar-refractivity contribution >= 4 is 15.9 Å². The average molecular weight is 299 g/mol. The Kier molecular flexibility index (Phi) is 4.79. The van der Waals surface area contributed by atoms with Crippen LogP contribution in [0.25, 0.3) is 0 Å². The Hall–Kier alpha value is -0.340. The number of hydrogen-bond donors (Lipinski definition) is 1. The van der Waals surface area contributed by atoms with Gasteiger partial charge in [0.25, 0.3) is 0 Å². The largest absolute Gasteiger partial charge is 0.390 e. The third-order valence-corrected chi connectivity index (χ3v) is 3.44. The zero-order chi connectivity index (χ0) is 13.1. The van der Waals surface area contributed by atoms with Crippen LogP contribution in [-0.4, -0.2) is 10.7 Å². The topological polar surface area (TPSA) is 20.2 Å². The lowest BCUT2D eigenvalue weighted by Crippen LogP contribution is -2.28. The molecule has 0 aliphatic heterocycles. The molecule has 0 amide bonds. The molecule has 1 aromatic rings. The summed E-state index contributed by atoms with van der Waals surface area (Å²) in [5.41, 5.74) is 0.859. The molecule has 0 aromatic heterocycles. The van der Waals surface area contributed by atoms with Crippen LogP contribution in [0.15, 0.2) is 28.7 Å². The van der Waals surface area contributed by atoms with Crippen LogP contribution in [0.5, 0.6) is 0 Å². The zero-order valence-corrected chi connectivity index (χ0v) is 12.8. The van der Waals surface area contributed by atoms with Crippen LogP contribution in [0.3, 0.4) is 0 Å². The lowest BCUT2D eigenvalue weighted by molar-refractivity contribution is 0.0396. The SMILES string of the molecule is CC(C)(C)CCC(C)(O)Cc1ccc(Br)cc1. The standard InChI is InChI=1S/C15H23BrO/c1-14(2,3)9-10-15(4,17)11-12-5-7-13(16)8-6-12/h5-8,17H,9-11H2,1-4H3. The summed E-state index contributed by atoms with van der Waals surface area (Å²) in [6.45, 7) is 8.56. The van der Waals surface area contributed by atoms with Gasteiger partial charge in [0.2, 0.25) is 0 Å². The molecule has 96 valence electrons. The lowest BCUT2D eigenvalue weighted by Gasteiger charge is -2.28. The Morgan fingerprint density at radius 2 is 1.53 bits per heavy atom. The van der Waals surface area contributed by atoms with E-state index in [0.717, 1.165) is 23.7 Å². The highest BCUT2D eigenvalue weighted by molar-refractivity contribution is 9.10. The van der Waals surface area contributed by atoms with Gasteiger partial charge in [-0.3, -0.25) is 0 Å². The molecule has 1 rings (SSSR count). The molecule has 0 saturated carbocycles. The highest BCUT2D eigenvalue weighted by Crippen LogP contribution is 2.27. The van der Waals surface area contributed by atoms with Crippen molar-refractivity contribution in [2.45, 2.75) is 52.6 Å².